The maximum Gasteiger partial charge on any atom is 0.233 e. The van der Waals surface area contributed by atoms with Gasteiger partial charge in [0.25, 0.3) is 0 Å². The van der Waals surface area contributed by atoms with E-state index >= 15 is 0 Å². The number of rotatable bonds is 3. The maximum absolute atomic E-state index is 6.08. The molecule has 1 N–H and O–H groups in total. The number of nitrogens with zero attached hydrogens (tertiary/aromatic N) is 2. The highest BCUT2D eigenvalue weighted by atomic mass is 35.5. The molecular weight excluding hydrogens is 371 g/mol. The lowest BCUT2D eigenvalue weighted by atomic mass is 10.3. The molecule has 0 fully saturated rings. The zero-order valence-corrected chi connectivity index (χ0v) is 13.5. The molecule has 0 saturated heterocycles. The minimum atomic E-state index is 0.124. The van der Waals surface area contributed by atoms with E-state index in [1.54, 1.807) is 18.5 Å². The predicted octanol–water partition coefficient (Wildman–Crippen LogP) is 5.86. The lowest BCUT2D eigenvalue weighted by Gasteiger charge is -2.11. The van der Waals surface area contributed by atoms with Gasteiger partial charge in [0.05, 0.1) is 30.0 Å². The van der Waals surface area contributed by atoms with E-state index in [1.807, 2.05) is 0 Å². The van der Waals surface area contributed by atoms with Gasteiger partial charge in [-0.2, -0.15) is 0 Å². The number of aromatic nitrogens is 2. The van der Waals surface area contributed by atoms with Gasteiger partial charge < -0.3 is 0 Å². The molecule has 3 nitrogen and oxygen atoms in total. The molecule has 2 aromatic rings. The first kappa shape index (κ1) is 15.3. The normalized spacial score (nSPS) is 10.6. The quantitative estimate of drug-likeness (QED) is 0.414. The summed E-state index contributed by atoms with van der Waals surface area (Å²) in [6.07, 6.45) is 3.20. The Kier molecular flexibility index (Phi) is 5.29. The molecule has 0 atom stereocenters. The summed E-state index contributed by atoms with van der Waals surface area (Å²) < 4.78 is 2.88. The van der Waals surface area contributed by atoms with Crippen LogP contribution < -0.4 is 4.72 Å². The van der Waals surface area contributed by atoms with Crippen LogP contribution in [0.1, 0.15) is 0 Å². The van der Waals surface area contributed by atoms with Crippen LogP contribution in [0.15, 0.2) is 23.4 Å². The van der Waals surface area contributed by atoms with Gasteiger partial charge in [-0.25, -0.2) is 9.97 Å². The van der Waals surface area contributed by atoms with E-state index in [0.717, 1.165) is 11.9 Å². The third kappa shape index (κ3) is 3.32. The van der Waals surface area contributed by atoms with E-state index in [-0.39, 0.29) is 25.1 Å². The molecule has 2 rings (SSSR count). The average molecular weight is 375 g/mol. The molecule has 19 heavy (non-hydrogen) atoms. The summed E-state index contributed by atoms with van der Waals surface area (Å²) in [5.74, 6) is 0.404. The Hall–Kier alpha value is -0.100. The van der Waals surface area contributed by atoms with Gasteiger partial charge in [-0.15, -0.1) is 0 Å². The summed E-state index contributed by atoms with van der Waals surface area (Å²) in [5.41, 5.74) is 0. The van der Waals surface area contributed by atoms with E-state index in [2.05, 4.69) is 14.7 Å². The second-order valence-corrected chi connectivity index (χ2v) is 5.88. The molecule has 0 unspecified atom stereocenters. The molecule has 0 aliphatic carbocycles. The Bertz CT molecular complexity index is 579. The van der Waals surface area contributed by atoms with E-state index in [4.69, 9.17) is 58.0 Å². The Morgan fingerprint density at radius 3 is 1.79 bits per heavy atom. The zero-order valence-electron chi connectivity index (χ0n) is 8.92. The first-order chi connectivity index (χ1) is 9.02. The fraction of sp³-hybridized carbons (Fsp3) is 0. The Labute approximate surface area is 138 Å². The van der Waals surface area contributed by atoms with Crippen LogP contribution in [0.2, 0.25) is 25.1 Å². The molecule has 0 amide bonds. The molecule has 0 aliphatic rings. The topological polar surface area (TPSA) is 37.8 Å². The maximum atomic E-state index is 6.08. The van der Waals surface area contributed by atoms with Crippen LogP contribution in [0.4, 0.5) is 5.95 Å². The second-order valence-electron chi connectivity index (χ2n) is 3.18. The molecule has 0 radical (unpaired) electrons. The fourth-order valence-corrected chi connectivity index (χ4v) is 3.29. The highest BCUT2D eigenvalue weighted by molar-refractivity contribution is 8.00. The van der Waals surface area contributed by atoms with E-state index in [9.17, 15) is 0 Å². The molecule has 100 valence electrons. The highest BCUT2D eigenvalue weighted by Gasteiger charge is 2.19. The molecule has 9 heteroatoms. The van der Waals surface area contributed by atoms with Crippen molar-refractivity contribution in [1.29, 1.82) is 0 Å². The first-order valence-corrected chi connectivity index (χ1v) is 7.44. The van der Waals surface area contributed by atoms with Crippen molar-refractivity contribution in [1.82, 2.24) is 9.97 Å². The number of benzene rings is 1. The third-order valence-electron chi connectivity index (χ3n) is 1.98. The second kappa shape index (κ2) is 6.57. The zero-order chi connectivity index (χ0) is 14.0. The molecule has 0 spiro atoms. The van der Waals surface area contributed by atoms with Crippen molar-refractivity contribution >= 4 is 75.9 Å². The summed E-state index contributed by atoms with van der Waals surface area (Å²) >= 11 is 31.1. The van der Waals surface area contributed by atoms with Crippen LogP contribution in [0, 0.1) is 0 Å². The number of anilines is 1. The number of nitrogens with one attached hydrogen (secondary N) is 1. The third-order valence-corrected chi connectivity index (χ3v) is 5.38. The largest absolute Gasteiger partial charge is 0.294 e. The van der Waals surface area contributed by atoms with Crippen LogP contribution >= 0.6 is 70.0 Å². The van der Waals surface area contributed by atoms with Crippen LogP contribution in [0.25, 0.3) is 0 Å². The Balaban J connectivity index is 2.31. The SMILES string of the molecule is Clc1c(Cl)c(Cl)c(SNc2ncccn2)c(Cl)c1Cl. The van der Waals surface area contributed by atoms with Gasteiger partial charge in [0.1, 0.15) is 0 Å². The van der Waals surface area contributed by atoms with Crippen molar-refractivity contribution in [2.75, 3.05) is 4.72 Å². The number of hydrogen-bond donors (Lipinski definition) is 1. The molecule has 1 heterocycles. The number of hydrogen-bond acceptors (Lipinski definition) is 4. The summed E-state index contributed by atoms with van der Waals surface area (Å²) in [6, 6.07) is 1.70. The van der Waals surface area contributed by atoms with E-state index < -0.39 is 0 Å². The van der Waals surface area contributed by atoms with Crippen molar-refractivity contribution in [3.63, 3.8) is 0 Å². The molecule has 0 aliphatic heterocycles. The molecular formula is C10H4Cl5N3S. The van der Waals surface area contributed by atoms with Crippen molar-refractivity contribution in [2.24, 2.45) is 0 Å². The van der Waals surface area contributed by atoms with Gasteiger partial charge in [-0.05, 0) is 18.0 Å². The molecule has 1 aromatic carbocycles. The van der Waals surface area contributed by atoms with Crippen molar-refractivity contribution in [2.45, 2.75) is 4.90 Å². The van der Waals surface area contributed by atoms with Gasteiger partial charge in [0, 0.05) is 12.4 Å². The van der Waals surface area contributed by atoms with Crippen LogP contribution in [-0.4, -0.2) is 9.97 Å². The smallest absolute Gasteiger partial charge is 0.233 e. The first-order valence-electron chi connectivity index (χ1n) is 4.73. The molecule has 0 saturated carbocycles. The average Bonchev–Trinajstić information content (AvgIpc) is 2.44. The van der Waals surface area contributed by atoms with Crippen LogP contribution in [-0.2, 0) is 0 Å². The molecule has 1 aromatic heterocycles. The fourth-order valence-electron chi connectivity index (χ4n) is 1.12. The minimum Gasteiger partial charge on any atom is -0.294 e. The predicted molar refractivity (Wildman–Crippen MR) is 83.0 cm³/mol. The van der Waals surface area contributed by atoms with Crippen LogP contribution in [0.5, 0.6) is 0 Å². The standard InChI is InChI=1S/C10H4Cl5N3S/c11-4-5(12)7(14)9(8(15)6(4)13)19-18-10-16-2-1-3-17-10/h1-3H,(H,16,17,18). The summed E-state index contributed by atoms with van der Waals surface area (Å²) in [6.45, 7) is 0. The van der Waals surface area contributed by atoms with E-state index in [1.165, 1.54) is 0 Å². The molecule has 0 bridgehead atoms. The van der Waals surface area contributed by atoms with Crippen molar-refractivity contribution in [3.05, 3.63) is 43.6 Å². The summed E-state index contributed by atoms with van der Waals surface area (Å²) in [7, 11) is 0. The van der Waals surface area contributed by atoms with E-state index in [0.29, 0.717) is 10.8 Å². The minimum absolute atomic E-state index is 0.124. The lowest BCUT2D eigenvalue weighted by molar-refractivity contribution is 1.18. The van der Waals surface area contributed by atoms with Gasteiger partial charge >= 0.3 is 0 Å². The Morgan fingerprint density at radius 1 is 0.789 bits per heavy atom. The summed E-state index contributed by atoms with van der Waals surface area (Å²) in [5, 5.41) is 0.856. The lowest BCUT2D eigenvalue weighted by Crippen LogP contribution is -1.94. The van der Waals surface area contributed by atoms with Crippen molar-refractivity contribution < 1.29 is 0 Å². The van der Waals surface area contributed by atoms with Crippen LogP contribution in [0.3, 0.4) is 0 Å². The van der Waals surface area contributed by atoms with Crippen molar-refractivity contribution in [3.8, 4) is 0 Å². The van der Waals surface area contributed by atoms with Gasteiger partial charge in [-0.1, -0.05) is 58.0 Å². The monoisotopic (exact) mass is 373 g/mol. The van der Waals surface area contributed by atoms with Gasteiger partial charge in [0.2, 0.25) is 5.95 Å². The van der Waals surface area contributed by atoms with Gasteiger partial charge in [0.15, 0.2) is 0 Å². The summed E-state index contributed by atoms with van der Waals surface area (Å²) in [4.78, 5) is 8.44. The highest BCUT2D eigenvalue weighted by Crippen LogP contribution is 2.47. The number of halogens is 5. The van der Waals surface area contributed by atoms with Gasteiger partial charge in [-0.3, -0.25) is 4.72 Å². The Morgan fingerprint density at radius 2 is 1.26 bits per heavy atom.